The molecule has 0 radical (unpaired) electrons. The number of methoxy groups -OCH3 is 1. The minimum Gasteiger partial charge on any atom is -0.464 e. The van der Waals surface area contributed by atoms with Crippen LogP contribution in [0.3, 0.4) is 0 Å². The lowest BCUT2D eigenvalue weighted by molar-refractivity contribution is -0.148. The number of hydrogen-bond acceptors (Lipinski definition) is 8. The molecule has 29 heavy (non-hydrogen) atoms. The van der Waals surface area contributed by atoms with Gasteiger partial charge in [-0.2, -0.15) is 0 Å². The first-order chi connectivity index (χ1) is 13.7. The lowest BCUT2D eigenvalue weighted by Crippen LogP contribution is -2.40. The van der Waals surface area contributed by atoms with E-state index in [1.165, 1.54) is 31.2 Å². The molecule has 0 atom stereocenters. The van der Waals surface area contributed by atoms with Crippen LogP contribution in [0.25, 0.3) is 5.76 Å². The van der Waals surface area contributed by atoms with Gasteiger partial charge in [0, 0.05) is 24.9 Å². The van der Waals surface area contributed by atoms with Crippen LogP contribution in [-0.2, 0) is 38.7 Å². The van der Waals surface area contributed by atoms with E-state index in [0.717, 1.165) is 16.3 Å². The molecule has 0 bridgehead atoms. The lowest BCUT2D eigenvalue weighted by atomic mass is 10.1. The van der Waals surface area contributed by atoms with E-state index in [4.69, 9.17) is 9.47 Å². The van der Waals surface area contributed by atoms with Crippen molar-refractivity contribution < 1.29 is 37.1 Å². The van der Waals surface area contributed by atoms with Gasteiger partial charge in [-0.05, 0) is 19.1 Å². The van der Waals surface area contributed by atoms with Crippen molar-refractivity contribution in [2.24, 2.45) is 0 Å². The van der Waals surface area contributed by atoms with Crippen LogP contribution in [0.1, 0.15) is 25.3 Å². The van der Waals surface area contributed by atoms with Gasteiger partial charge in [0.05, 0.1) is 12.0 Å². The van der Waals surface area contributed by atoms with Crippen LogP contribution in [0.4, 0.5) is 0 Å². The van der Waals surface area contributed by atoms with Crippen LogP contribution >= 0.6 is 0 Å². The standard InChI is InChI=1S/C18H18N2O8S/c1-3-20-16(18(24)27-2)17(11-6-4-5-7-12(11)29(20,25)26)28-15(23)10-19-13(21)8-9-14(19)22/h4-7H,3,8-10H2,1-2H3. The molecule has 2 aliphatic rings. The van der Waals surface area contributed by atoms with Crippen molar-refractivity contribution in [1.29, 1.82) is 0 Å². The zero-order valence-electron chi connectivity index (χ0n) is 15.7. The third-order valence-electron chi connectivity index (χ3n) is 4.49. The second-order valence-electron chi connectivity index (χ2n) is 6.18. The molecule has 1 fully saturated rings. The Hall–Kier alpha value is -3.21. The average Bonchev–Trinajstić information content (AvgIpc) is 3.01. The summed E-state index contributed by atoms with van der Waals surface area (Å²) >= 11 is 0. The van der Waals surface area contributed by atoms with E-state index in [0.29, 0.717) is 0 Å². The SMILES string of the molecule is CCN1C(C(=O)OC)=C(OC(=O)CN2C(=O)CCC2=O)c2ccccc2S1(=O)=O. The van der Waals surface area contributed by atoms with Gasteiger partial charge < -0.3 is 9.47 Å². The maximum Gasteiger partial charge on any atom is 0.359 e. The maximum absolute atomic E-state index is 12.9. The first-order valence-corrected chi connectivity index (χ1v) is 10.1. The minimum atomic E-state index is -4.08. The number of hydrogen-bond donors (Lipinski definition) is 0. The zero-order valence-corrected chi connectivity index (χ0v) is 16.5. The highest BCUT2D eigenvalue weighted by molar-refractivity contribution is 7.89. The molecule has 0 saturated carbocycles. The molecule has 1 aromatic rings. The van der Waals surface area contributed by atoms with Crippen LogP contribution < -0.4 is 0 Å². The number of amides is 2. The molecule has 154 valence electrons. The molecule has 0 aliphatic carbocycles. The number of ether oxygens (including phenoxy) is 2. The Morgan fingerprint density at radius 3 is 2.31 bits per heavy atom. The molecule has 11 heteroatoms. The fraction of sp³-hybridized carbons (Fsp3) is 0.333. The molecule has 1 saturated heterocycles. The van der Waals surface area contributed by atoms with Gasteiger partial charge >= 0.3 is 11.9 Å². The largest absolute Gasteiger partial charge is 0.464 e. The Morgan fingerprint density at radius 2 is 1.72 bits per heavy atom. The monoisotopic (exact) mass is 422 g/mol. The quantitative estimate of drug-likeness (QED) is 0.488. The second-order valence-corrected chi connectivity index (χ2v) is 8.01. The molecule has 0 spiro atoms. The third-order valence-corrected chi connectivity index (χ3v) is 6.42. The number of esters is 2. The third kappa shape index (κ3) is 3.48. The number of rotatable bonds is 5. The Labute approximate surface area is 166 Å². The van der Waals surface area contributed by atoms with Gasteiger partial charge in [0.2, 0.25) is 11.8 Å². The number of likely N-dealkylation sites (N-methyl/N-ethyl adjacent to an activating group) is 1. The summed E-state index contributed by atoms with van der Waals surface area (Å²) in [7, 11) is -3.01. The van der Waals surface area contributed by atoms with Gasteiger partial charge in [0.25, 0.3) is 10.0 Å². The number of benzene rings is 1. The van der Waals surface area contributed by atoms with Crippen molar-refractivity contribution in [2.75, 3.05) is 20.2 Å². The first kappa shape index (κ1) is 20.5. The highest BCUT2D eigenvalue weighted by atomic mass is 32.2. The lowest BCUT2D eigenvalue weighted by Gasteiger charge is -2.31. The second kappa shape index (κ2) is 7.66. The van der Waals surface area contributed by atoms with Gasteiger partial charge in [0.1, 0.15) is 6.54 Å². The normalized spacial score (nSPS) is 18.0. The summed E-state index contributed by atoms with van der Waals surface area (Å²) in [6.45, 7) is 0.747. The molecular formula is C18H18N2O8S. The molecule has 2 heterocycles. The van der Waals surface area contributed by atoms with Crippen LogP contribution in [-0.4, -0.2) is 61.6 Å². The summed E-state index contributed by atoms with van der Waals surface area (Å²) in [5, 5.41) is 0. The zero-order chi connectivity index (χ0) is 21.3. The Morgan fingerprint density at radius 1 is 1.10 bits per heavy atom. The molecule has 3 rings (SSSR count). The van der Waals surface area contributed by atoms with Crippen molar-refractivity contribution in [2.45, 2.75) is 24.7 Å². The molecular weight excluding hydrogens is 404 g/mol. The summed E-state index contributed by atoms with van der Waals surface area (Å²) in [5.74, 6) is -3.32. The van der Waals surface area contributed by atoms with Crippen molar-refractivity contribution in [3.8, 4) is 0 Å². The van der Waals surface area contributed by atoms with E-state index in [-0.39, 0.29) is 35.6 Å². The highest BCUT2D eigenvalue weighted by Crippen LogP contribution is 2.37. The average molecular weight is 422 g/mol. The van der Waals surface area contributed by atoms with Gasteiger partial charge in [-0.15, -0.1) is 0 Å². The highest BCUT2D eigenvalue weighted by Gasteiger charge is 2.42. The number of nitrogens with zero attached hydrogens (tertiary/aromatic N) is 2. The van der Waals surface area contributed by atoms with Crippen LogP contribution in [0.5, 0.6) is 0 Å². The number of fused-ring (bicyclic) bond motifs is 1. The van der Waals surface area contributed by atoms with Gasteiger partial charge in [-0.3, -0.25) is 18.8 Å². The van der Waals surface area contributed by atoms with E-state index in [9.17, 15) is 27.6 Å². The van der Waals surface area contributed by atoms with E-state index in [1.54, 1.807) is 0 Å². The van der Waals surface area contributed by atoms with Gasteiger partial charge in [-0.25, -0.2) is 18.0 Å². The summed E-state index contributed by atoms with van der Waals surface area (Å²) in [5.41, 5.74) is -0.453. The summed E-state index contributed by atoms with van der Waals surface area (Å²) in [4.78, 5) is 48.9. The van der Waals surface area contributed by atoms with E-state index >= 15 is 0 Å². The smallest absolute Gasteiger partial charge is 0.359 e. The number of carbonyl (C=O) groups is 4. The summed E-state index contributed by atoms with van der Waals surface area (Å²) in [6, 6.07) is 5.72. The number of likely N-dealkylation sites (tertiary alicyclic amines) is 1. The Kier molecular flexibility index (Phi) is 5.42. The van der Waals surface area contributed by atoms with Crippen molar-refractivity contribution in [3.05, 3.63) is 35.5 Å². The predicted molar refractivity (Wildman–Crippen MR) is 97.0 cm³/mol. The topological polar surface area (TPSA) is 127 Å². The molecule has 2 amide bonds. The molecule has 0 unspecified atom stereocenters. The van der Waals surface area contributed by atoms with Crippen LogP contribution in [0.2, 0.25) is 0 Å². The van der Waals surface area contributed by atoms with E-state index < -0.39 is 46.0 Å². The maximum atomic E-state index is 12.9. The molecule has 0 N–H and O–H groups in total. The summed E-state index contributed by atoms with van der Waals surface area (Å²) < 4.78 is 36.6. The van der Waals surface area contributed by atoms with Gasteiger partial charge in [-0.1, -0.05) is 12.1 Å². The minimum absolute atomic E-state index is 0.00465. The Balaban J connectivity index is 2.07. The molecule has 2 aliphatic heterocycles. The fourth-order valence-corrected chi connectivity index (χ4v) is 4.82. The van der Waals surface area contributed by atoms with E-state index in [1.807, 2.05) is 0 Å². The van der Waals surface area contributed by atoms with Crippen LogP contribution in [0.15, 0.2) is 34.9 Å². The van der Waals surface area contributed by atoms with E-state index in [2.05, 4.69) is 0 Å². The number of sulfonamides is 1. The predicted octanol–water partition coefficient (Wildman–Crippen LogP) is 0.245. The Bertz CT molecular complexity index is 1030. The molecule has 0 aromatic heterocycles. The molecule has 1 aromatic carbocycles. The molecule has 10 nitrogen and oxygen atoms in total. The summed E-state index contributed by atoms with van der Waals surface area (Å²) in [6.07, 6.45) is 0.0137. The van der Waals surface area contributed by atoms with Crippen molar-refractivity contribution in [1.82, 2.24) is 9.21 Å². The number of imide groups is 1. The fourth-order valence-electron chi connectivity index (χ4n) is 3.16. The first-order valence-electron chi connectivity index (χ1n) is 8.71. The van der Waals surface area contributed by atoms with Crippen LogP contribution in [0, 0.1) is 0 Å². The van der Waals surface area contributed by atoms with Gasteiger partial charge in [0.15, 0.2) is 11.5 Å². The van der Waals surface area contributed by atoms with Crippen molar-refractivity contribution in [3.63, 3.8) is 0 Å². The number of carbonyl (C=O) groups excluding carboxylic acids is 4. The van der Waals surface area contributed by atoms with Crippen molar-refractivity contribution >= 4 is 39.5 Å².